The van der Waals surface area contributed by atoms with Crippen molar-refractivity contribution in [1.29, 1.82) is 0 Å². The van der Waals surface area contributed by atoms with Crippen molar-refractivity contribution in [2.75, 3.05) is 6.54 Å². The largest absolute Gasteiger partial charge is 0.354 e. The Bertz CT molecular complexity index is 350. The first-order chi connectivity index (χ1) is 7.74. The maximum absolute atomic E-state index is 11.8. The second-order valence-electron chi connectivity index (χ2n) is 4.98. The van der Waals surface area contributed by atoms with Gasteiger partial charge in [-0.25, -0.2) is 4.79 Å². The number of rotatable bonds is 4. The van der Waals surface area contributed by atoms with Crippen LogP contribution in [0.3, 0.4) is 0 Å². The summed E-state index contributed by atoms with van der Waals surface area (Å²) in [4.78, 5) is 35.8. The SMILES string of the molecule is CC(C)NC(=O)CCN1C(=O)NC(C)(C)C1=O. The van der Waals surface area contributed by atoms with Gasteiger partial charge >= 0.3 is 6.03 Å². The summed E-state index contributed by atoms with van der Waals surface area (Å²) in [6, 6.07) is -0.376. The Balaban J connectivity index is 2.51. The summed E-state index contributed by atoms with van der Waals surface area (Å²) in [7, 11) is 0. The van der Waals surface area contributed by atoms with Crippen LogP contribution in [0.25, 0.3) is 0 Å². The third-order valence-electron chi connectivity index (χ3n) is 2.46. The van der Waals surface area contributed by atoms with Crippen LogP contribution in [0.1, 0.15) is 34.1 Å². The highest BCUT2D eigenvalue weighted by Gasteiger charge is 2.43. The van der Waals surface area contributed by atoms with Gasteiger partial charge in [0.25, 0.3) is 5.91 Å². The van der Waals surface area contributed by atoms with E-state index in [0.29, 0.717) is 0 Å². The molecule has 96 valence electrons. The van der Waals surface area contributed by atoms with E-state index in [1.165, 1.54) is 0 Å². The number of imide groups is 1. The summed E-state index contributed by atoms with van der Waals surface area (Å²) in [6.07, 6.45) is 0.132. The molecular formula is C11H19N3O3. The third kappa shape index (κ3) is 3.18. The lowest BCUT2D eigenvalue weighted by Gasteiger charge is -2.16. The Morgan fingerprint density at radius 2 is 2.00 bits per heavy atom. The molecule has 1 saturated heterocycles. The lowest BCUT2D eigenvalue weighted by Crippen LogP contribution is -2.41. The molecule has 6 nitrogen and oxygen atoms in total. The molecule has 0 unspecified atom stereocenters. The molecule has 6 heteroatoms. The zero-order valence-electron chi connectivity index (χ0n) is 10.7. The van der Waals surface area contributed by atoms with Gasteiger partial charge in [-0.05, 0) is 27.7 Å². The molecule has 0 aromatic carbocycles. The Hall–Kier alpha value is -1.59. The number of carbonyl (C=O) groups excluding carboxylic acids is 3. The van der Waals surface area contributed by atoms with Crippen molar-refractivity contribution in [1.82, 2.24) is 15.5 Å². The Morgan fingerprint density at radius 3 is 2.41 bits per heavy atom. The van der Waals surface area contributed by atoms with Crippen molar-refractivity contribution in [3.63, 3.8) is 0 Å². The molecule has 0 aliphatic carbocycles. The highest BCUT2D eigenvalue weighted by molar-refractivity contribution is 6.06. The van der Waals surface area contributed by atoms with Crippen LogP contribution in [0.4, 0.5) is 4.79 Å². The van der Waals surface area contributed by atoms with Crippen LogP contribution in [0, 0.1) is 0 Å². The van der Waals surface area contributed by atoms with Gasteiger partial charge in [-0.2, -0.15) is 0 Å². The molecule has 1 heterocycles. The first kappa shape index (κ1) is 13.5. The molecule has 0 aromatic heterocycles. The molecule has 0 bridgehead atoms. The van der Waals surface area contributed by atoms with Gasteiger partial charge in [0.2, 0.25) is 5.91 Å². The van der Waals surface area contributed by atoms with Gasteiger partial charge in [-0.1, -0.05) is 0 Å². The van der Waals surface area contributed by atoms with Crippen LogP contribution in [-0.4, -0.2) is 40.9 Å². The van der Waals surface area contributed by atoms with Crippen molar-refractivity contribution in [2.24, 2.45) is 0 Å². The van der Waals surface area contributed by atoms with Gasteiger partial charge in [0.05, 0.1) is 0 Å². The molecule has 0 aromatic rings. The smallest absolute Gasteiger partial charge is 0.325 e. The number of nitrogens with one attached hydrogen (secondary N) is 2. The minimum absolute atomic E-state index is 0.0575. The Labute approximate surface area is 101 Å². The number of carbonyl (C=O) groups is 3. The predicted octanol–water partition coefficient (Wildman–Crippen LogP) is 0.231. The van der Waals surface area contributed by atoms with Crippen LogP contribution in [0.15, 0.2) is 0 Å². The van der Waals surface area contributed by atoms with Crippen LogP contribution in [0.5, 0.6) is 0 Å². The average Bonchev–Trinajstić information content (AvgIpc) is 2.33. The fraction of sp³-hybridized carbons (Fsp3) is 0.727. The summed E-state index contributed by atoms with van der Waals surface area (Å²) in [5.41, 5.74) is -0.869. The summed E-state index contributed by atoms with van der Waals surface area (Å²) >= 11 is 0. The lowest BCUT2D eigenvalue weighted by atomic mass is 10.1. The zero-order valence-corrected chi connectivity index (χ0v) is 10.7. The van der Waals surface area contributed by atoms with Crippen molar-refractivity contribution in [3.8, 4) is 0 Å². The number of nitrogens with zero attached hydrogens (tertiary/aromatic N) is 1. The standard InChI is InChI=1S/C11H19N3O3/c1-7(2)12-8(15)5-6-14-9(16)11(3,4)13-10(14)17/h7H,5-6H2,1-4H3,(H,12,15)(H,13,17). The molecule has 2 N–H and O–H groups in total. The van der Waals surface area contributed by atoms with Crippen molar-refractivity contribution in [2.45, 2.75) is 45.7 Å². The zero-order chi connectivity index (χ0) is 13.2. The van der Waals surface area contributed by atoms with Crippen molar-refractivity contribution >= 4 is 17.8 Å². The monoisotopic (exact) mass is 241 g/mol. The predicted molar refractivity (Wildman–Crippen MR) is 62.2 cm³/mol. The topological polar surface area (TPSA) is 78.5 Å². The van der Waals surface area contributed by atoms with Crippen LogP contribution < -0.4 is 10.6 Å². The third-order valence-corrected chi connectivity index (χ3v) is 2.46. The molecule has 4 amide bonds. The summed E-state index contributed by atoms with van der Waals surface area (Å²) < 4.78 is 0. The molecule has 17 heavy (non-hydrogen) atoms. The number of urea groups is 1. The number of hydrogen-bond acceptors (Lipinski definition) is 3. The van der Waals surface area contributed by atoms with Crippen molar-refractivity contribution in [3.05, 3.63) is 0 Å². The van der Waals surface area contributed by atoms with Gasteiger partial charge < -0.3 is 10.6 Å². The van der Waals surface area contributed by atoms with E-state index in [9.17, 15) is 14.4 Å². The highest BCUT2D eigenvalue weighted by atomic mass is 16.2. The highest BCUT2D eigenvalue weighted by Crippen LogP contribution is 2.16. The fourth-order valence-electron chi connectivity index (χ4n) is 1.63. The van der Waals surface area contributed by atoms with E-state index in [0.717, 1.165) is 4.90 Å². The van der Waals surface area contributed by atoms with E-state index in [-0.39, 0.29) is 30.8 Å². The molecule has 0 spiro atoms. The quantitative estimate of drug-likeness (QED) is 0.692. The summed E-state index contributed by atoms with van der Waals surface area (Å²) in [6.45, 7) is 7.11. The molecule has 1 fully saturated rings. The minimum atomic E-state index is -0.869. The van der Waals surface area contributed by atoms with E-state index < -0.39 is 11.6 Å². The fourth-order valence-corrected chi connectivity index (χ4v) is 1.63. The second-order valence-corrected chi connectivity index (χ2v) is 4.98. The first-order valence-corrected chi connectivity index (χ1v) is 5.67. The molecule has 1 rings (SSSR count). The summed E-state index contributed by atoms with van der Waals surface area (Å²) in [5, 5.41) is 5.27. The van der Waals surface area contributed by atoms with Gasteiger partial charge in [-0.3, -0.25) is 14.5 Å². The van der Waals surface area contributed by atoms with E-state index in [4.69, 9.17) is 0 Å². The Morgan fingerprint density at radius 1 is 1.41 bits per heavy atom. The van der Waals surface area contributed by atoms with Gasteiger partial charge in [0.15, 0.2) is 0 Å². The number of amides is 4. The van der Waals surface area contributed by atoms with Gasteiger partial charge in [0, 0.05) is 19.0 Å². The second kappa shape index (κ2) is 4.73. The lowest BCUT2D eigenvalue weighted by molar-refractivity contribution is -0.130. The van der Waals surface area contributed by atoms with E-state index >= 15 is 0 Å². The molecule has 0 saturated carbocycles. The maximum Gasteiger partial charge on any atom is 0.325 e. The van der Waals surface area contributed by atoms with Crippen LogP contribution in [-0.2, 0) is 9.59 Å². The van der Waals surface area contributed by atoms with Crippen LogP contribution >= 0.6 is 0 Å². The first-order valence-electron chi connectivity index (χ1n) is 5.67. The molecule has 0 atom stereocenters. The van der Waals surface area contributed by atoms with Gasteiger partial charge in [0.1, 0.15) is 5.54 Å². The van der Waals surface area contributed by atoms with E-state index in [1.54, 1.807) is 13.8 Å². The van der Waals surface area contributed by atoms with Crippen LogP contribution in [0.2, 0.25) is 0 Å². The molecular weight excluding hydrogens is 222 g/mol. The Kier molecular flexibility index (Phi) is 3.75. The van der Waals surface area contributed by atoms with E-state index in [2.05, 4.69) is 10.6 Å². The minimum Gasteiger partial charge on any atom is -0.354 e. The van der Waals surface area contributed by atoms with Crippen molar-refractivity contribution < 1.29 is 14.4 Å². The normalized spacial score (nSPS) is 18.5. The average molecular weight is 241 g/mol. The summed E-state index contributed by atoms with van der Waals surface area (Å²) in [5.74, 6) is -0.454. The van der Waals surface area contributed by atoms with Gasteiger partial charge in [-0.15, -0.1) is 0 Å². The molecule has 1 aliphatic heterocycles. The molecule has 0 radical (unpaired) electrons. The molecule has 1 aliphatic rings. The maximum atomic E-state index is 11.8. The number of hydrogen-bond donors (Lipinski definition) is 2. The van der Waals surface area contributed by atoms with E-state index in [1.807, 2.05) is 13.8 Å².